The van der Waals surface area contributed by atoms with Crippen molar-refractivity contribution in [2.75, 3.05) is 0 Å². The van der Waals surface area contributed by atoms with Gasteiger partial charge in [-0.05, 0) is 36.5 Å². The molecule has 0 aromatic heterocycles. The average Bonchev–Trinajstić information content (AvgIpc) is 2.12. The molecular formula is C12H15ClF2. The molecule has 0 spiro atoms. The van der Waals surface area contributed by atoms with Crippen molar-refractivity contribution in [3.63, 3.8) is 0 Å². The van der Waals surface area contributed by atoms with Gasteiger partial charge in [0.25, 0.3) is 0 Å². The van der Waals surface area contributed by atoms with E-state index >= 15 is 0 Å². The number of hydrogen-bond acceptors (Lipinski definition) is 0. The van der Waals surface area contributed by atoms with Crippen molar-refractivity contribution in [2.45, 2.75) is 32.1 Å². The number of aryl methyl sites for hydroxylation is 1. The molecule has 1 rings (SSSR count). The highest BCUT2D eigenvalue weighted by molar-refractivity contribution is 6.20. The molecule has 0 bridgehead atoms. The third-order valence-electron chi connectivity index (χ3n) is 2.35. The second-order valence-corrected chi connectivity index (χ2v) is 4.64. The predicted molar refractivity (Wildman–Crippen MR) is 59.2 cm³/mol. The fourth-order valence-corrected chi connectivity index (χ4v) is 1.50. The van der Waals surface area contributed by atoms with Crippen LogP contribution in [-0.4, -0.2) is 5.38 Å². The van der Waals surface area contributed by atoms with Gasteiger partial charge in [-0.25, -0.2) is 8.78 Å². The Morgan fingerprint density at radius 3 is 2.13 bits per heavy atom. The van der Waals surface area contributed by atoms with Gasteiger partial charge in [-0.15, -0.1) is 11.6 Å². The molecule has 1 atom stereocenters. The molecule has 0 aliphatic carbocycles. The van der Waals surface area contributed by atoms with Crippen molar-refractivity contribution in [1.82, 2.24) is 0 Å². The minimum atomic E-state index is -0.527. The Bertz CT molecular complexity index is 303. The lowest BCUT2D eigenvalue weighted by Gasteiger charge is -2.12. The number of benzene rings is 1. The van der Waals surface area contributed by atoms with Gasteiger partial charge in [-0.3, -0.25) is 0 Å². The Labute approximate surface area is 94.3 Å². The number of halogens is 3. The van der Waals surface area contributed by atoms with Crippen molar-refractivity contribution in [1.29, 1.82) is 0 Å². The van der Waals surface area contributed by atoms with Gasteiger partial charge in [0, 0.05) is 11.4 Å². The van der Waals surface area contributed by atoms with Crippen LogP contribution in [0.2, 0.25) is 0 Å². The van der Waals surface area contributed by atoms with Crippen molar-refractivity contribution < 1.29 is 8.78 Å². The van der Waals surface area contributed by atoms with E-state index < -0.39 is 11.6 Å². The largest absolute Gasteiger partial charge is 0.207 e. The number of alkyl halides is 1. The summed E-state index contributed by atoms with van der Waals surface area (Å²) < 4.78 is 25.7. The SMILES string of the molecule is CC(C)C(Cl)CCc1cc(F)cc(F)c1. The Morgan fingerprint density at radius 1 is 1.13 bits per heavy atom. The molecule has 0 heterocycles. The van der Waals surface area contributed by atoms with Crippen LogP contribution in [0, 0.1) is 17.6 Å². The first-order valence-electron chi connectivity index (χ1n) is 5.08. The second-order valence-electron chi connectivity index (χ2n) is 4.08. The van der Waals surface area contributed by atoms with E-state index in [-0.39, 0.29) is 5.38 Å². The molecule has 0 saturated carbocycles. The maximum atomic E-state index is 12.8. The molecule has 1 unspecified atom stereocenters. The molecule has 0 aliphatic rings. The first kappa shape index (κ1) is 12.4. The zero-order valence-corrected chi connectivity index (χ0v) is 9.69. The molecule has 0 nitrogen and oxygen atoms in total. The molecule has 84 valence electrons. The molecule has 15 heavy (non-hydrogen) atoms. The van der Waals surface area contributed by atoms with Crippen molar-refractivity contribution in [3.05, 3.63) is 35.4 Å². The minimum absolute atomic E-state index is 0.0522. The summed E-state index contributed by atoms with van der Waals surface area (Å²) in [4.78, 5) is 0. The number of hydrogen-bond donors (Lipinski definition) is 0. The van der Waals surface area contributed by atoms with E-state index in [2.05, 4.69) is 0 Å². The number of rotatable bonds is 4. The summed E-state index contributed by atoms with van der Waals surface area (Å²) in [5.74, 6) is -0.675. The highest BCUT2D eigenvalue weighted by atomic mass is 35.5. The first-order chi connectivity index (χ1) is 6.99. The van der Waals surface area contributed by atoms with Crippen LogP contribution in [0.25, 0.3) is 0 Å². The van der Waals surface area contributed by atoms with E-state index in [1.807, 2.05) is 13.8 Å². The van der Waals surface area contributed by atoms with E-state index in [0.717, 1.165) is 12.5 Å². The normalized spacial score (nSPS) is 13.2. The first-order valence-corrected chi connectivity index (χ1v) is 5.51. The minimum Gasteiger partial charge on any atom is -0.207 e. The van der Waals surface area contributed by atoms with E-state index in [0.29, 0.717) is 17.9 Å². The molecular weight excluding hydrogens is 218 g/mol. The van der Waals surface area contributed by atoms with Crippen LogP contribution in [0.15, 0.2) is 18.2 Å². The molecule has 0 aliphatic heterocycles. The van der Waals surface area contributed by atoms with Gasteiger partial charge in [0.15, 0.2) is 0 Å². The van der Waals surface area contributed by atoms with Crippen LogP contribution in [0.5, 0.6) is 0 Å². The summed E-state index contributed by atoms with van der Waals surface area (Å²) >= 11 is 6.06. The van der Waals surface area contributed by atoms with Crippen LogP contribution in [0.1, 0.15) is 25.8 Å². The molecule has 0 amide bonds. The maximum absolute atomic E-state index is 12.8. The zero-order valence-electron chi connectivity index (χ0n) is 8.93. The lowest BCUT2D eigenvalue weighted by Crippen LogP contribution is -2.08. The van der Waals surface area contributed by atoms with Crippen LogP contribution in [0.3, 0.4) is 0 Å². The van der Waals surface area contributed by atoms with Crippen molar-refractivity contribution >= 4 is 11.6 Å². The Hall–Kier alpha value is -0.630. The summed E-state index contributed by atoms with van der Waals surface area (Å²) in [6.45, 7) is 4.06. The van der Waals surface area contributed by atoms with Gasteiger partial charge in [0.05, 0.1) is 0 Å². The monoisotopic (exact) mass is 232 g/mol. The smallest absolute Gasteiger partial charge is 0.126 e. The molecule has 0 N–H and O–H groups in total. The van der Waals surface area contributed by atoms with Gasteiger partial charge in [0.1, 0.15) is 11.6 Å². The second kappa shape index (κ2) is 5.45. The maximum Gasteiger partial charge on any atom is 0.126 e. The Balaban J connectivity index is 2.57. The van der Waals surface area contributed by atoms with Gasteiger partial charge in [-0.1, -0.05) is 13.8 Å². The van der Waals surface area contributed by atoms with Crippen LogP contribution in [-0.2, 0) is 6.42 Å². The summed E-state index contributed by atoms with van der Waals surface area (Å²) in [5.41, 5.74) is 0.666. The fourth-order valence-electron chi connectivity index (χ4n) is 1.39. The van der Waals surface area contributed by atoms with Gasteiger partial charge < -0.3 is 0 Å². The van der Waals surface area contributed by atoms with E-state index in [4.69, 9.17) is 11.6 Å². The topological polar surface area (TPSA) is 0 Å². The third kappa shape index (κ3) is 4.17. The van der Waals surface area contributed by atoms with Gasteiger partial charge >= 0.3 is 0 Å². The van der Waals surface area contributed by atoms with Crippen LogP contribution in [0.4, 0.5) is 8.78 Å². The third-order valence-corrected chi connectivity index (χ3v) is 3.08. The van der Waals surface area contributed by atoms with Crippen molar-refractivity contribution in [3.8, 4) is 0 Å². The molecule has 1 aromatic carbocycles. The highest BCUT2D eigenvalue weighted by Crippen LogP contribution is 2.17. The predicted octanol–water partition coefficient (Wildman–Crippen LogP) is 4.16. The standard InChI is InChI=1S/C12H15ClF2/c1-8(2)12(13)4-3-9-5-10(14)7-11(15)6-9/h5-8,12H,3-4H2,1-2H3. The van der Waals surface area contributed by atoms with Crippen molar-refractivity contribution in [2.24, 2.45) is 5.92 Å². The van der Waals surface area contributed by atoms with Gasteiger partial charge in [0.2, 0.25) is 0 Å². The van der Waals surface area contributed by atoms with E-state index in [1.54, 1.807) is 0 Å². The fraction of sp³-hybridized carbons (Fsp3) is 0.500. The molecule has 0 fully saturated rings. The molecule has 0 radical (unpaired) electrons. The lowest BCUT2D eigenvalue weighted by atomic mass is 10.0. The van der Waals surface area contributed by atoms with Crippen LogP contribution < -0.4 is 0 Å². The average molecular weight is 233 g/mol. The molecule has 0 saturated heterocycles. The van der Waals surface area contributed by atoms with Crippen LogP contribution >= 0.6 is 11.6 Å². The lowest BCUT2D eigenvalue weighted by molar-refractivity contribution is 0.556. The Kier molecular flexibility index (Phi) is 4.52. The zero-order chi connectivity index (χ0) is 11.4. The van der Waals surface area contributed by atoms with E-state index in [9.17, 15) is 8.78 Å². The molecule has 3 heteroatoms. The quantitative estimate of drug-likeness (QED) is 0.684. The highest BCUT2D eigenvalue weighted by Gasteiger charge is 2.10. The summed E-state index contributed by atoms with van der Waals surface area (Å²) in [6.07, 6.45) is 1.35. The molecule has 1 aromatic rings. The summed E-state index contributed by atoms with van der Waals surface area (Å²) in [7, 11) is 0. The van der Waals surface area contributed by atoms with E-state index in [1.165, 1.54) is 12.1 Å². The Morgan fingerprint density at radius 2 is 1.67 bits per heavy atom. The summed E-state index contributed by atoms with van der Waals surface area (Å²) in [5, 5.41) is 0.0522. The summed E-state index contributed by atoms with van der Waals surface area (Å²) in [6, 6.07) is 3.59. The van der Waals surface area contributed by atoms with Gasteiger partial charge in [-0.2, -0.15) is 0 Å².